The zero-order chi connectivity index (χ0) is 24.2. The Bertz CT molecular complexity index is 1280. The van der Waals surface area contributed by atoms with Crippen LogP contribution in [0.4, 0.5) is 4.79 Å². The van der Waals surface area contributed by atoms with Crippen molar-refractivity contribution in [2.24, 2.45) is 0 Å². The molecule has 1 aliphatic heterocycles. The first-order valence-electron chi connectivity index (χ1n) is 10.6. The molecule has 0 spiro atoms. The Balaban J connectivity index is 1.62. The number of imidazole rings is 1. The second kappa shape index (κ2) is 9.65. The number of hydrogen-bond acceptors (Lipinski definition) is 7. The van der Waals surface area contributed by atoms with Crippen molar-refractivity contribution >= 4 is 23.6 Å². The van der Waals surface area contributed by atoms with Crippen molar-refractivity contribution in [1.82, 2.24) is 20.0 Å². The number of nitrogens with zero attached hydrogens (tertiary/aromatic N) is 2. The van der Waals surface area contributed by atoms with Crippen molar-refractivity contribution in [3.63, 3.8) is 0 Å². The van der Waals surface area contributed by atoms with Gasteiger partial charge in [0.15, 0.2) is 5.69 Å². The number of fused-ring (bicyclic) bond motifs is 1. The summed E-state index contributed by atoms with van der Waals surface area (Å²) in [4.78, 5) is 42.2. The Hall–Kier alpha value is -4.34. The van der Waals surface area contributed by atoms with E-state index in [4.69, 9.17) is 14.2 Å². The molecule has 0 saturated carbocycles. The lowest BCUT2D eigenvalue weighted by Gasteiger charge is -2.29. The summed E-state index contributed by atoms with van der Waals surface area (Å²) < 4.78 is 17.5. The number of ether oxygens (including phenoxy) is 3. The molecule has 0 fully saturated rings. The molecule has 0 bridgehead atoms. The molecule has 1 unspecified atom stereocenters. The summed E-state index contributed by atoms with van der Waals surface area (Å²) in [5.74, 6) is -0.696. The minimum Gasteiger partial charge on any atom is -0.497 e. The fourth-order valence-corrected chi connectivity index (χ4v) is 3.62. The molecule has 2 amide bonds. The van der Waals surface area contributed by atoms with Gasteiger partial charge in [0.05, 0.1) is 31.0 Å². The Kier molecular flexibility index (Phi) is 6.48. The van der Waals surface area contributed by atoms with Gasteiger partial charge in [0, 0.05) is 12.4 Å². The van der Waals surface area contributed by atoms with Crippen molar-refractivity contribution < 1.29 is 28.6 Å². The van der Waals surface area contributed by atoms with Gasteiger partial charge in [0.25, 0.3) is 0 Å². The second-order valence-electron chi connectivity index (χ2n) is 7.59. The number of pyridine rings is 1. The quantitative estimate of drug-likeness (QED) is 0.516. The maximum Gasteiger partial charge on any atom is 0.358 e. The van der Waals surface area contributed by atoms with Crippen molar-refractivity contribution in [3.05, 3.63) is 76.9 Å². The van der Waals surface area contributed by atoms with Crippen molar-refractivity contribution in [2.75, 3.05) is 20.3 Å². The van der Waals surface area contributed by atoms with Crippen LogP contribution in [0.25, 0.3) is 5.65 Å². The monoisotopic (exact) mass is 464 g/mol. The Morgan fingerprint density at radius 1 is 1.12 bits per heavy atom. The Morgan fingerprint density at radius 2 is 1.88 bits per heavy atom. The summed E-state index contributed by atoms with van der Waals surface area (Å²) in [7, 11) is 1.54. The van der Waals surface area contributed by atoms with E-state index in [1.54, 1.807) is 55.1 Å². The fraction of sp³-hybridized carbons (Fsp3) is 0.250. The van der Waals surface area contributed by atoms with Gasteiger partial charge < -0.3 is 29.2 Å². The third kappa shape index (κ3) is 4.70. The van der Waals surface area contributed by atoms with Crippen LogP contribution in [0.1, 0.15) is 34.6 Å². The number of carbonyl (C=O) groups is 3. The maximum atomic E-state index is 12.8. The molecule has 3 aromatic rings. The lowest BCUT2D eigenvalue weighted by Crippen LogP contribution is -2.47. The van der Waals surface area contributed by atoms with E-state index in [9.17, 15) is 14.4 Å². The van der Waals surface area contributed by atoms with Gasteiger partial charge >= 0.3 is 18.0 Å². The highest BCUT2D eigenvalue weighted by atomic mass is 16.5. The number of methoxy groups -OCH3 is 1. The average Bonchev–Trinajstić information content (AvgIpc) is 3.25. The number of esters is 2. The topological polar surface area (TPSA) is 120 Å². The number of aryl methyl sites for hydroxylation is 1. The lowest BCUT2D eigenvalue weighted by atomic mass is 9.95. The molecule has 34 heavy (non-hydrogen) atoms. The van der Waals surface area contributed by atoms with Crippen LogP contribution < -0.4 is 15.4 Å². The third-order valence-electron chi connectivity index (χ3n) is 5.27. The first-order valence-corrected chi connectivity index (χ1v) is 10.6. The highest BCUT2D eigenvalue weighted by molar-refractivity contribution is 5.95. The number of hydrogen-bond donors (Lipinski definition) is 2. The minimum atomic E-state index is -0.800. The average molecular weight is 464 g/mol. The Morgan fingerprint density at radius 3 is 2.59 bits per heavy atom. The zero-order valence-corrected chi connectivity index (χ0v) is 19.0. The van der Waals surface area contributed by atoms with Crippen LogP contribution in [-0.4, -0.2) is 47.7 Å². The normalized spacial score (nSPS) is 15.5. The molecule has 2 N–H and O–H groups in total. The summed E-state index contributed by atoms with van der Waals surface area (Å²) in [6, 6.07) is 9.30. The van der Waals surface area contributed by atoms with Gasteiger partial charge in [0.2, 0.25) is 0 Å². The molecule has 3 heterocycles. The van der Waals surface area contributed by atoms with E-state index in [2.05, 4.69) is 15.6 Å². The number of rotatable bonds is 7. The summed E-state index contributed by atoms with van der Waals surface area (Å²) in [5, 5.41) is 5.30. The predicted molar refractivity (Wildman–Crippen MR) is 121 cm³/mol. The first-order chi connectivity index (χ1) is 16.4. The van der Waals surface area contributed by atoms with Crippen molar-refractivity contribution in [1.29, 1.82) is 0 Å². The molecule has 1 aliphatic rings. The summed E-state index contributed by atoms with van der Waals surface area (Å²) >= 11 is 0. The smallest absolute Gasteiger partial charge is 0.358 e. The molecule has 10 heteroatoms. The van der Waals surface area contributed by atoms with Crippen LogP contribution in [0.5, 0.6) is 5.75 Å². The molecular weight excluding hydrogens is 440 g/mol. The number of nitrogens with one attached hydrogen (secondary N) is 2. The van der Waals surface area contributed by atoms with E-state index in [-0.39, 0.29) is 30.2 Å². The summed E-state index contributed by atoms with van der Waals surface area (Å²) in [6.07, 6.45) is 3.35. The predicted octanol–water partition coefficient (Wildman–Crippen LogP) is 2.68. The van der Waals surface area contributed by atoms with Gasteiger partial charge in [-0.2, -0.15) is 0 Å². The van der Waals surface area contributed by atoms with E-state index in [0.717, 1.165) is 5.56 Å². The van der Waals surface area contributed by atoms with E-state index >= 15 is 0 Å². The van der Waals surface area contributed by atoms with Crippen molar-refractivity contribution in [3.8, 4) is 5.75 Å². The van der Waals surface area contributed by atoms with Gasteiger partial charge in [-0.3, -0.25) is 0 Å². The highest BCUT2D eigenvalue weighted by Crippen LogP contribution is 2.29. The summed E-state index contributed by atoms with van der Waals surface area (Å²) in [6.45, 7) is 3.40. The van der Waals surface area contributed by atoms with Gasteiger partial charge in [-0.25, -0.2) is 19.4 Å². The second-order valence-corrected chi connectivity index (χ2v) is 7.59. The number of amides is 2. The largest absolute Gasteiger partial charge is 0.497 e. The molecule has 10 nitrogen and oxygen atoms in total. The SMILES string of the molecule is CCOC(=O)C1=C(COC(=O)c2cn3ccc(C)cc3n2)NC(=O)NC1c1ccc(OC)cc1. The third-order valence-corrected chi connectivity index (χ3v) is 5.27. The standard InChI is InChI=1S/C24H24N4O6/c1-4-33-23(30)20-18(26-24(31)27-21(20)15-5-7-16(32-3)8-6-15)13-34-22(29)17-12-28-10-9-14(2)11-19(28)25-17/h5-12,21H,4,13H2,1-3H3,(H2,26,27,31). The van der Waals surface area contributed by atoms with E-state index in [0.29, 0.717) is 17.0 Å². The first kappa shape index (κ1) is 22.8. The molecule has 0 saturated heterocycles. The zero-order valence-electron chi connectivity index (χ0n) is 19.0. The van der Waals surface area contributed by atoms with Crippen LogP contribution >= 0.6 is 0 Å². The van der Waals surface area contributed by atoms with E-state index in [1.807, 2.05) is 19.1 Å². The van der Waals surface area contributed by atoms with E-state index < -0.39 is 24.0 Å². The van der Waals surface area contributed by atoms with Gasteiger partial charge in [-0.15, -0.1) is 0 Å². The van der Waals surface area contributed by atoms with Gasteiger partial charge in [0.1, 0.15) is 18.0 Å². The molecular formula is C24H24N4O6. The molecule has 1 aromatic carbocycles. The lowest BCUT2D eigenvalue weighted by molar-refractivity contribution is -0.139. The Labute approximate surface area is 195 Å². The number of urea groups is 1. The van der Waals surface area contributed by atoms with E-state index in [1.165, 1.54) is 0 Å². The van der Waals surface area contributed by atoms with Crippen LogP contribution in [0.3, 0.4) is 0 Å². The molecule has 0 aliphatic carbocycles. The molecule has 4 rings (SSSR count). The molecule has 1 atom stereocenters. The number of benzene rings is 1. The van der Waals surface area contributed by atoms with Crippen LogP contribution in [0.15, 0.2) is 60.1 Å². The molecule has 176 valence electrons. The van der Waals surface area contributed by atoms with Gasteiger partial charge in [-0.1, -0.05) is 12.1 Å². The van der Waals surface area contributed by atoms with Crippen LogP contribution in [0.2, 0.25) is 0 Å². The fourth-order valence-electron chi connectivity index (χ4n) is 3.62. The number of carbonyl (C=O) groups excluding carboxylic acids is 3. The van der Waals surface area contributed by atoms with Gasteiger partial charge in [-0.05, 0) is 49.2 Å². The van der Waals surface area contributed by atoms with Crippen LogP contribution in [-0.2, 0) is 14.3 Å². The highest BCUT2D eigenvalue weighted by Gasteiger charge is 2.34. The molecule has 2 aromatic heterocycles. The maximum absolute atomic E-state index is 12.8. The number of aromatic nitrogens is 2. The van der Waals surface area contributed by atoms with Crippen molar-refractivity contribution in [2.45, 2.75) is 19.9 Å². The van der Waals surface area contributed by atoms with Crippen LogP contribution in [0, 0.1) is 6.92 Å². The minimum absolute atomic E-state index is 0.107. The molecule has 0 radical (unpaired) electrons. The summed E-state index contributed by atoms with van der Waals surface area (Å²) in [5.41, 5.74) is 2.63.